The maximum Gasteiger partial charge on any atom is 0.0994 e. The minimum Gasteiger partial charge on any atom is -0.399 e. The van der Waals surface area contributed by atoms with Crippen LogP contribution in [0.1, 0.15) is 31.0 Å². The van der Waals surface area contributed by atoms with Crippen molar-refractivity contribution < 1.29 is 0 Å². The zero-order chi connectivity index (χ0) is 11.7. The SMILES string of the molecule is Cc1cc(-n2cncc2C(C)C)ccc1N. The van der Waals surface area contributed by atoms with E-state index in [1.807, 2.05) is 31.6 Å². The Labute approximate surface area is 95.9 Å². The Bertz CT molecular complexity index is 498. The van der Waals surface area contributed by atoms with Crippen LogP contribution in [0, 0.1) is 6.92 Å². The molecule has 1 heterocycles. The third-order valence-corrected chi connectivity index (χ3v) is 2.79. The van der Waals surface area contributed by atoms with Crippen molar-refractivity contribution >= 4 is 5.69 Å². The van der Waals surface area contributed by atoms with Gasteiger partial charge < -0.3 is 10.3 Å². The minimum absolute atomic E-state index is 0.459. The highest BCUT2D eigenvalue weighted by molar-refractivity contribution is 5.52. The van der Waals surface area contributed by atoms with Crippen LogP contribution in [-0.4, -0.2) is 9.55 Å². The molecule has 2 aromatic rings. The van der Waals surface area contributed by atoms with E-state index in [0.717, 1.165) is 16.9 Å². The lowest BCUT2D eigenvalue weighted by Crippen LogP contribution is -2.01. The number of aromatic nitrogens is 2. The standard InChI is InChI=1S/C13H17N3/c1-9(2)13-7-15-8-16(13)11-4-5-12(14)10(3)6-11/h4-9H,14H2,1-3H3. The fraction of sp³-hybridized carbons (Fsp3) is 0.308. The lowest BCUT2D eigenvalue weighted by molar-refractivity contribution is 0.787. The number of benzene rings is 1. The first-order chi connectivity index (χ1) is 7.59. The molecule has 16 heavy (non-hydrogen) atoms. The number of nitrogens with zero attached hydrogens (tertiary/aromatic N) is 2. The van der Waals surface area contributed by atoms with E-state index in [0.29, 0.717) is 5.92 Å². The molecule has 2 N–H and O–H groups in total. The minimum atomic E-state index is 0.459. The number of rotatable bonds is 2. The molecule has 3 heteroatoms. The van der Waals surface area contributed by atoms with Crippen LogP contribution in [0.4, 0.5) is 5.69 Å². The summed E-state index contributed by atoms with van der Waals surface area (Å²) in [5, 5.41) is 0. The van der Waals surface area contributed by atoms with Crippen LogP contribution >= 0.6 is 0 Å². The van der Waals surface area contributed by atoms with Gasteiger partial charge in [-0.3, -0.25) is 0 Å². The smallest absolute Gasteiger partial charge is 0.0994 e. The molecule has 0 aliphatic rings. The Balaban J connectivity index is 2.50. The molecule has 1 aromatic heterocycles. The molecule has 0 radical (unpaired) electrons. The van der Waals surface area contributed by atoms with Gasteiger partial charge in [-0.25, -0.2) is 4.98 Å². The van der Waals surface area contributed by atoms with Crippen LogP contribution < -0.4 is 5.73 Å². The maximum atomic E-state index is 5.82. The second-order valence-electron chi connectivity index (χ2n) is 4.38. The lowest BCUT2D eigenvalue weighted by atomic mass is 10.1. The Morgan fingerprint density at radius 1 is 1.31 bits per heavy atom. The molecule has 2 rings (SSSR count). The lowest BCUT2D eigenvalue weighted by Gasteiger charge is -2.12. The highest BCUT2D eigenvalue weighted by atomic mass is 15.1. The first kappa shape index (κ1) is 10.7. The number of aryl methyl sites for hydroxylation is 1. The van der Waals surface area contributed by atoms with Gasteiger partial charge >= 0.3 is 0 Å². The number of anilines is 1. The molecular formula is C13H17N3. The molecule has 0 amide bonds. The highest BCUT2D eigenvalue weighted by Crippen LogP contribution is 2.21. The Hall–Kier alpha value is -1.77. The van der Waals surface area contributed by atoms with Gasteiger partial charge in [0.2, 0.25) is 0 Å². The van der Waals surface area contributed by atoms with Crippen LogP contribution in [0.2, 0.25) is 0 Å². The van der Waals surface area contributed by atoms with E-state index in [4.69, 9.17) is 5.73 Å². The van der Waals surface area contributed by atoms with E-state index in [2.05, 4.69) is 29.5 Å². The summed E-state index contributed by atoms with van der Waals surface area (Å²) in [7, 11) is 0. The molecule has 1 aromatic carbocycles. The van der Waals surface area contributed by atoms with E-state index in [1.54, 1.807) is 0 Å². The van der Waals surface area contributed by atoms with Crippen molar-refractivity contribution in [1.82, 2.24) is 9.55 Å². The summed E-state index contributed by atoms with van der Waals surface area (Å²) in [6.45, 7) is 6.35. The normalized spacial score (nSPS) is 11.0. The predicted molar refractivity (Wildman–Crippen MR) is 66.8 cm³/mol. The molecule has 0 saturated carbocycles. The topological polar surface area (TPSA) is 43.8 Å². The number of hydrogen-bond donors (Lipinski definition) is 1. The van der Waals surface area contributed by atoms with Crippen molar-refractivity contribution in [3.63, 3.8) is 0 Å². The Morgan fingerprint density at radius 3 is 2.69 bits per heavy atom. The molecule has 0 fully saturated rings. The number of nitrogens with two attached hydrogens (primary N) is 1. The monoisotopic (exact) mass is 215 g/mol. The average molecular weight is 215 g/mol. The molecular weight excluding hydrogens is 198 g/mol. The molecule has 0 spiro atoms. The molecule has 0 aliphatic heterocycles. The van der Waals surface area contributed by atoms with Gasteiger partial charge in [0, 0.05) is 23.3 Å². The first-order valence-corrected chi connectivity index (χ1v) is 5.48. The van der Waals surface area contributed by atoms with E-state index >= 15 is 0 Å². The van der Waals surface area contributed by atoms with Gasteiger partial charge in [0.1, 0.15) is 0 Å². The van der Waals surface area contributed by atoms with E-state index in [-0.39, 0.29) is 0 Å². The number of hydrogen-bond acceptors (Lipinski definition) is 2. The second kappa shape index (κ2) is 4.00. The van der Waals surface area contributed by atoms with Crippen molar-refractivity contribution in [2.75, 3.05) is 5.73 Å². The molecule has 0 saturated heterocycles. The predicted octanol–water partition coefficient (Wildman–Crippen LogP) is 2.89. The van der Waals surface area contributed by atoms with E-state index in [1.165, 1.54) is 5.69 Å². The van der Waals surface area contributed by atoms with Gasteiger partial charge in [-0.05, 0) is 36.6 Å². The summed E-state index contributed by atoms with van der Waals surface area (Å²) in [5.41, 5.74) is 10.1. The van der Waals surface area contributed by atoms with Gasteiger partial charge in [0.05, 0.1) is 6.33 Å². The van der Waals surface area contributed by atoms with Crippen LogP contribution in [0.5, 0.6) is 0 Å². The molecule has 0 bridgehead atoms. The summed E-state index contributed by atoms with van der Waals surface area (Å²) in [6, 6.07) is 6.05. The average Bonchev–Trinajstić information content (AvgIpc) is 2.71. The van der Waals surface area contributed by atoms with Crippen molar-refractivity contribution in [3.05, 3.63) is 42.0 Å². The quantitative estimate of drug-likeness (QED) is 0.783. The summed E-state index contributed by atoms with van der Waals surface area (Å²) in [5.74, 6) is 0.459. The second-order valence-corrected chi connectivity index (χ2v) is 4.38. The van der Waals surface area contributed by atoms with Crippen molar-refractivity contribution in [3.8, 4) is 5.69 Å². The van der Waals surface area contributed by atoms with Gasteiger partial charge in [-0.1, -0.05) is 13.8 Å². The van der Waals surface area contributed by atoms with Crippen LogP contribution in [0.25, 0.3) is 5.69 Å². The van der Waals surface area contributed by atoms with Crippen LogP contribution in [0.15, 0.2) is 30.7 Å². The number of imidazole rings is 1. The zero-order valence-electron chi connectivity index (χ0n) is 9.94. The Morgan fingerprint density at radius 2 is 2.06 bits per heavy atom. The van der Waals surface area contributed by atoms with Gasteiger partial charge in [-0.2, -0.15) is 0 Å². The van der Waals surface area contributed by atoms with Crippen molar-refractivity contribution in [2.24, 2.45) is 0 Å². The summed E-state index contributed by atoms with van der Waals surface area (Å²) < 4.78 is 2.11. The van der Waals surface area contributed by atoms with Crippen LogP contribution in [-0.2, 0) is 0 Å². The fourth-order valence-electron chi connectivity index (χ4n) is 1.76. The molecule has 84 valence electrons. The summed E-state index contributed by atoms with van der Waals surface area (Å²) in [4.78, 5) is 4.20. The number of nitrogen functional groups attached to an aromatic ring is 1. The van der Waals surface area contributed by atoms with E-state index < -0.39 is 0 Å². The highest BCUT2D eigenvalue weighted by Gasteiger charge is 2.08. The molecule has 3 nitrogen and oxygen atoms in total. The largest absolute Gasteiger partial charge is 0.399 e. The molecule has 0 aliphatic carbocycles. The van der Waals surface area contributed by atoms with Crippen LogP contribution in [0.3, 0.4) is 0 Å². The third-order valence-electron chi connectivity index (χ3n) is 2.79. The fourth-order valence-corrected chi connectivity index (χ4v) is 1.76. The molecule has 0 unspecified atom stereocenters. The van der Waals surface area contributed by atoms with Gasteiger partial charge in [0.15, 0.2) is 0 Å². The molecule has 0 atom stereocenters. The van der Waals surface area contributed by atoms with Crippen molar-refractivity contribution in [1.29, 1.82) is 0 Å². The maximum absolute atomic E-state index is 5.82. The summed E-state index contributed by atoms with van der Waals surface area (Å²) in [6.07, 6.45) is 3.76. The Kier molecular flexibility index (Phi) is 2.69. The first-order valence-electron chi connectivity index (χ1n) is 5.48. The van der Waals surface area contributed by atoms with Crippen molar-refractivity contribution in [2.45, 2.75) is 26.7 Å². The van der Waals surface area contributed by atoms with Gasteiger partial charge in [-0.15, -0.1) is 0 Å². The zero-order valence-corrected chi connectivity index (χ0v) is 9.94. The van der Waals surface area contributed by atoms with Gasteiger partial charge in [0.25, 0.3) is 0 Å². The van der Waals surface area contributed by atoms with E-state index in [9.17, 15) is 0 Å². The summed E-state index contributed by atoms with van der Waals surface area (Å²) >= 11 is 0. The third kappa shape index (κ3) is 1.81.